The Morgan fingerprint density at radius 1 is 0.739 bits per heavy atom. The Bertz CT molecular complexity index is 754. The van der Waals surface area contributed by atoms with Crippen LogP contribution in [-0.4, -0.2) is 9.97 Å². The van der Waals surface area contributed by atoms with Crippen LogP contribution in [0.2, 0.25) is 0 Å². The first kappa shape index (κ1) is 15.2. The first-order valence-electron chi connectivity index (χ1n) is 6.53. The molecular weight excluding hydrogens is 315 g/mol. The lowest BCUT2D eigenvalue weighted by molar-refractivity contribution is -0.144. The number of rotatable bonds is 2. The van der Waals surface area contributed by atoms with Crippen molar-refractivity contribution in [3.05, 3.63) is 66.0 Å². The van der Waals surface area contributed by atoms with E-state index in [9.17, 15) is 22.0 Å². The third kappa shape index (κ3) is 3.08. The first-order chi connectivity index (χ1) is 10.8. The standard InChI is InChI=1S/C16H9F5N2/c17-11-5-1-9(2-6-11)13-14(10-3-7-12(18)8-4-10)23-15(22-13)16(19,20)21/h1-8H,(H,22,23). The van der Waals surface area contributed by atoms with E-state index < -0.39 is 23.6 Å². The van der Waals surface area contributed by atoms with Gasteiger partial charge in [0.2, 0.25) is 5.82 Å². The Morgan fingerprint density at radius 2 is 1.22 bits per heavy atom. The Hall–Kier alpha value is -2.70. The van der Waals surface area contributed by atoms with Crippen LogP contribution < -0.4 is 0 Å². The number of aromatic amines is 1. The van der Waals surface area contributed by atoms with Gasteiger partial charge in [0.05, 0.1) is 11.4 Å². The van der Waals surface area contributed by atoms with Crippen LogP contribution in [-0.2, 0) is 6.18 Å². The molecule has 0 aliphatic carbocycles. The molecule has 2 aromatic carbocycles. The fourth-order valence-electron chi connectivity index (χ4n) is 2.15. The van der Waals surface area contributed by atoms with Gasteiger partial charge in [0, 0.05) is 11.1 Å². The molecule has 0 spiro atoms. The number of nitrogens with zero attached hydrogens (tertiary/aromatic N) is 1. The van der Waals surface area contributed by atoms with E-state index in [1.807, 2.05) is 0 Å². The number of imidazole rings is 1. The summed E-state index contributed by atoms with van der Waals surface area (Å²) in [5.74, 6) is -2.19. The first-order valence-corrected chi connectivity index (χ1v) is 6.53. The molecule has 2 nitrogen and oxygen atoms in total. The van der Waals surface area contributed by atoms with E-state index in [2.05, 4.69) is 9.97 Å². The number of halogens is 5. The maximum Gasteiger partial charge on any atom is 0.449 e. The van der Waals surface area contributed by atoms with E-state index >= 15 is 0 Å². The van der Waals surface area contributed by atoms with E-state index in [0.29, 0.717) is 11.1 Å². The highest BCUT2D eigenvalue weighted by molar-refractivity contribution is 5.78. The van der Waals surface area contributed by atoms with E-state index in [0.717, 1.165) is 24.3 Å². The van der Waals surface area contributed by atoms with Gasteiger partial charge in [0.15, 0.2) is 0 Å². The highest BCUT2D eigenvalue weighted by atomic mass is 19.4. The van der Waals surface area contributed by atoms with Crippen LogP contribution in [0.4, 0.5) is 22.0 Å². The Morgan fingerprint density at radius 3 is 1.70 bits per heavy atom. The number of benzene rings is 2. The van der Waals surface area contributed by atoms with E-state index in [1.54, 1.807) is 0 Å². The van der Waals surface area contributed by atoms with Crippen LogP contribution in [0.3, 0.4) is 0 Å². The van der Waals surface area contributed by atoms with Crippen LogP contribution in [0.1, 0.15) is 5.82 Å². The summed E-state index contributed by atoms with van der Waals surface area (Å²) in [6.45, 7) is 0. The minimum absolute atomic E-state index is 0.0175. The molecule has 0 bridgehead atoms. The molecule has 0 amide bonds. The van der Waals surface area contributed by atoms with Crippen molar-refractivity contribution in [1.82, 2.24) is 9.97 Å². The van der Waals surface area contributed by atoms with E-state index in [4.69, 9.17) is 0 Å². The summed E-state index contributed by atoms with van der Waals surface area (Å²) in [6.07, 6.45) is -4.66. The molecule has 1 aromatic heterocycles. The average Bonchev–Trinajstić information content (AvgIpc) is 2.94. The van der Waals surface area contributed by atoms with Crippen molar-refractivity contribution >= 4 is 0 Å². The lowest BCUT2D eigenvalue weighted by Gasteiger charge is -2.03. The second kappa shape index (κ2) is 5.49. The van der Waals surface area contributed by atoms with Crippen molar-refractivity contribution in [2.24, 2.45) is 0 Å². The maximum absolute atomic E-state index is 13.0. The third-order valence-corrected chi connectivity index (χ3v) is 3.22. The predicted octanol–water partition coefficient (Wildman–Crippen LogP) is 5.04. The lowest BCUT2D eigenvalue weighted by Crippen LogP contribution is -2.07. The molecule has 3 aromatic rings. The number of H-pyrrole nitrogens is 1. The van der Waals surface area contributed by atoms with Gasteiger partial charge in [-0.1, -0.05) is 0 Å². The molecule has 118 valence electrons. The summed E-state index contributed by atoms with van der Waals surface area (Å²) in [7, 11) is 0. The van der Waals surface area contributed by atoms with Gasteiger partial charge in [0.1, 0.15) is 11.6 Å². The Kier molecular flexibility index (Phi) is 3.63. The molecule has 1 N–H and O–H groups in total. The van der Waals surface area contributed by atoms with Crippen molar-refractivity contribution in [3.8, 4) is 22.5 Å². The second-order valence-electron chi connectivity index (χ2n) is 4.82. The largest absolute Gasteiger partial charge is 0.449 e. The van der Waals surface area contributed by atoms with Crippen molar-refractivity contribution in [3.63, 3.8) is 0 Å². The van der Waals surface area contributed by atoms with Gasteiger partial charge in [-0.15, -0.1) is 0 Å². The van der Waals surface area contributed by atoms with Crippen molar-refractivity contribution < 1.29 is 22.0 Å². The summed E-state index contributed by atoms with van der Waals surface area (Å²) in [6, 6.07) is 9.89. The predicted molar refractivity (Wildman–Crippen MR) is 74.4 cm³/mol. The van der Waals surface area contributed by atoms with Gasteiger partial charge in [-0.2, -0.15) is 13.2 Å². The summed E-state index contributed by atoms with van der Waals surface area (Å²) < 4.78 is 64.8. The normalized spacial score (nSPS) is 11.7. The summed E-state index contributed by atoms with van der Waals surface area (Å²) in [5, 5.41) is 0. The zero-order valence-electron chi connectivity index (χ0n) is 11.5. The average molecular weight is 324 g/mol. The lowest BCUT2D eigenvalue weighted by atomic mass is 10.1. The van der Waals surface area contributed by atoms with Gasteiger partial charge in [-0.3, -0.25) is 0 Å². The monoisotopic (exact) mass is 324 g/mol. The molecule has 0 atom stereocenters. The van der Waals surface area contributed by atoms with Crippen LogP contribution >= 0.6 is 0 Å². The minimum atomic E-state index is -4.66. The molecule has 0 fully saturated rings. The van der Waals surface area contributed by atoms with Gasteiger partial charge in [-0.05, 0) is 48.5 Å². The van der Waals surface area contributed by atoms with Crippen LogP contribution in [0.25, 0.3) is 22.5 Å². The quantitative estimate of drug-likeness (QED) is 0.657. The van der Waals surface area contributed by atoms with E-state index in [1.165, 1.54) is 24.3 Å². The number of alkyl halides is 3. The fourth-order valence-corrected chi connectivity index (χ4v) is 2.15. The molecular formula is C16H9F5N2. The fraction of sp³-hybridized carbons (Fsp3) is 0.0625. The van der Waals surface area contributed by atoms with Gasteiger partial charge in [-0.25, -0.2) is 13.8 Å². The number of hydrogen-bond acceptors (Lipinski definition) is 1. The van der Waals surface area contributed by atoms with Crippen molar-refractivity contribution in [2.75, 3.05) is 0 Å². The smallest absolute Gasteiger partial charge is 0.334 e. The minimum Gasteiger partial charge on any atom is -0.334 e. The van der Waals surface area contributed by atoms with Crippen molar-refractivity contribution in [1.29, 1.82) is 0 Å². The Balaban J connectivity index is 2.18. The molecule has 7 heteroatoms. The molecule has 3 rings (SSSR count). The molecule has 0 unspecified atom stereocenters. The van der Waals surface area contributed by atoms with Crippen LogP contribution in [0.5, 0.6) is 0 Å². The molecule has 23 heavy (non-hydrogen) atoms. The van der Waals surface area contributed by atoms with Crippen LogP contribution in [0.15, 0.2) is 48.5 Å². The molecule has 0 saturated heterocycles. The van der Waals surface area contributed by atoms with Crippen molar-refractivity contribution in [2.45, 2.75) is 6.18 Å². The zero-order valence-corrected chi connectivity index (χ0v) is 11.5. The molecule has 1 heterocycles. The molecule has 0 radical (unpaired) electrons. The Labute approximate surface area is 127 Å². The highest BCUT2D eigenvalue weighted by Crippen LogP contribution is 2.35. The summed E-state index contributed by atoms with van der Waals surface area (Å²) >= 11 is 0. The number of aromatic nitrogens is 2. The third-order valence-electron chi connectivity index (χ3n) is 3.22. The van der Waals surface area contributed by atoms with E-state index in [-0.39, 0.29) is 11.4 Å². The number of hydrogen-bond donors (Lipinski definition) is 1. The van der Waals surface area contributed by atoms with Gasteiger partial charge < -0.3 is 4.98 Å². The molecule has 0 aliphatic heterocycles. The summed E-state index contributed by atoms with van der Waals surface area (Å²) in [5.41, 5.74) is 0.763. The SMILES string of the molecule is Fc1ccc(-c2nc(C(F)(F)F)[nH]c2-c2ccc(F)cc2)cc1. The van der Waals surface area contributed by atoms with Gasteiger partial charge >= 0.3 is 6.18 Å². The van der Waals surface area contributed by atoms with Crippen LogP contribution in [0, 0.1) is 11.6 Å². The van der Waals surface area contributed by atoms with Gasteiger partial charge in [0.25, 0.3) is 0 Å². The topological polar surface area (TPSA) is 28.7 Å². The highest BCUT2D eigenvalue weighted by Gasteiger charge is 2.36. The molecule has 0 aliphatic rings. The second-order valence-corrected chi connectivity index (χ2v) is 4.82. The molecule has 0 saturated carbocycles. The maximum atomic E-state index is 13.0. The zero-order chi connectivity index (χ0) is 16.6. The summed E-state index contributed by atoms with van der Waals surface area (Å²) in [4.78, 5) is 5.80. The number of nitrogens with one attached hydrogen (secondary N) is 1.